The number of hydrogen-bond donors (Lipinski definition) is 4. The Balaban J connectivity index is 2.10. The van der Waals surface area contributed by atoms with Crippen LogP contribution in [-0.4, -0.2) is 26.2 Å². The third-order valence-corrected chi connectivity index (χ3v) is 3.47. The molecule has 10 heteroatoms. The van der Waals surface area contributed by atoms with Gasteiger partial charge in [-0.05, 0) is 0 Å². The minimum absolute atomic E-state index is 0.0287. The fourth-order valence-corrected chi connectivity index (χ4v) is 2.18. The van der Waals surface area contributed by atoms with Crippen molar-refractivity contribution in [1.82, 2.24) is 10.2 Å². The summed E-state index contributed by atoms with van der Waals surface area (Å²) < 4.78 is 0. The Bertz CT molecular complexity index is 771. The SMILES string of the molecule is Oc1c(Cl)c(Nc2ccn[nH]2)c(O)c(Cl)c1N=C1C=CN=N1. The van der Waals surface area contributed by atoms with Crippen LogP contribution < -0.4 is 5.32 Å². The van der Waals surface area contributed by atoms with Gasteiger partial charge >= 0.3 is 0 Å². The van der Waals surface area contributed by atoms with Gasteiger partial charge in [0, 0.05) is 12.1 Å². The second-order valence-corrected chi connectivity index (χ2v) is 4.90. The van der Waals surface area contributed by atoms with Crippen LogP contribution >= 0.6 is 23.2 Å². The molecule has 3 rings (SSSR count). The molecule has 0 fully saturated rings. The summed E-state index contributed by atoms with van der Waals surface area (Å²) in [5.41, 5.74) is -0.0687. The zero-order chi connectivity index (χ0) is 15.7. The van der Waals surface area contributed by atoms with Gasteiger partial charge in [-0.3, -0.25) is 5.10 Å². The van der Waals surface area contributed by atoms with Gasteiger partial charge in [0.25, 0.3) is 0 Å². The highest BCUT2D eigenvalue weighted by Crippen LogP contribution is 2.52. The van der Waals surface area contributed by atoms with Crippen molar-refractivity contribution in [3.05, 3.63) is 34.6 Å². The van der Waals surface area contributed by atoms with Crippen molar-refractivity contribution in [2.75, 3.05) is 5.32 Å². The Labute approximate surface area is 133 Å². The summed E-state index contributed by atoms with van der Waals surface area (Å²) in [6.07, 6.45) is 4.45. The Hall–Kier alpha value is -2.58. The molecule has 0 spiro atoms. The lowest BCUT2D eigenvalue weighted by Gasteiger charge is -2.13. The molecule has 0 amide bonds. The Kier molecular flexibility index (Phi) is 3.70. The first kappa shape index (κ1) is 14.4. The molecule has 22 heavy (non-hydrogen) atoms. The van der Waals surface area contributed by atoms with E-state index in [4.69, 9.17) is 23.2 Å². The molecule has 1 aromatic carbocycles. The normalized spacial score (nSPS) is 14.9. The number of nitrogens with zero attached hydrogens (tertiary/aromatic N) is 4. The summed E-state index contributed by atoms with van der Waals surface area (Å²) in [4.78, 5) is 4.01. The molecule has 8 nitrogen and oxygen atoms in total. The van der Waals surface area contributed by atoms with Gasteiger partial charge in [0.1, 0.15) is 27.2 Å². The topological polar surface area (TPSA) is 118 Å². The number of azo groups is 1. The summed E-state index contributed by atoms with van der Waals surface area (Å²) in [6, 6.07) is 1.61. The average molecular weight is 339 g/mol. The lowest BCUT2D eigenvalue weighted by Crippen LogP contribution is -1.94. The Morgan fingerprint density at radius 3 is 2.64 bits per heavy atom. The number of nitrogens with one attached hydrogen (secondary N) is 2. The Morgan fingerprint density at radius 2 is 2.00 bits per heavy atom. The number of aromatic amines is 1. The predicted molar refractivity (Wildman–Crippen MR) is 82.8 cm³/mol. The molecule has 0 unspecified atom stereocenters. The molecule has 112 valence electrons. The van der Waals surface area contributed by atoms with E-state index in [2.05, 4.69) is 30.7 Å². The molecule has 0 saturated carbocycles. The summed E-state index contributed by atoms with van der Waals surface area (Å²) in [5, 5.41) is 36.5. The van der Waals surface area contributed by atoms with Crippen molar-refractivity contribution in [3.8, 4) is 11.5 Å². The third kappa shape index (κ3) is 2.49. The molecular weight excluding hydrogens is 331 g/mol. The summed E-state index contributed by atoms with van der Waals surface area (Å²) in [7, 11) is 0. The first-order valence-corrected chi connectivity index (χ1v) is 6.69. The lowest BCUT2D eigenvalue weighted by atomic mass is 10.2. The maximum Gasteiger partial charge on any atom is 0.176 e. The van der Waals surface area contributed by atoms with Gasteiger partial charge in [-0.15, -0.1) is 5.11 Å². The van der Waals surface area contributed by atoms with E-state index in [1.165, 1.54) is 18.5 Å². The summed E-state index contributed by atoms with van der Waals surface area (Å²) in [6.45, 7) is 0. The fourth-order valence-electron chi connectivity index (χ4n) is 1.73. The second-order valence-electron chi connectivity index (χ2n) is 4.15. The van der Waals surface area contributed by atoms with Crippen LogP contribution in [0.3, 0.4) is 0 Å². The van der Waals surface area contributed by atoms with E-state index >= 15 is 0 Å². The van der Waals surface area contributed by atoms with Gasteiger partial charge in [0.2, 0.25) is 0 Å². The van der Waals surface area contributed by atoms with Crippen LogP contribution in [0.2, 0.25) is 10.0 Å². The first-order valence-electron chi connectivity index (χ1n) is 5.93. The number of anilines is 2. The minimum Gasteiger partial charge on any atom is -0.504 e. The highest BCUT2D eigenvalue weighted by molar-refractivity contribution is 6.40. The number of aromatic hydroxyl groups is 2. The van der Waals surface area contributed by atoms with E-state index in [1.54, 1.807) is 6.07 Å². The van der Waals surface area contributed by atoms with Gasteiger partial charge in [0.15, 0.2) is 17.3 Å². The number of aromatic nitrogens is 2. The quantitative estimate of drug-likeness (QED) is 0.501. The smallest absolute Gasteiger partial charge is 0.176 e. The molecule has 1 aliphatic heterocycles. The zero-order valence-corrected chi connectivity index (χ0v) is 12.3. The number of benzene rings is 1. The van der Waals surface area contributed by atoms with E-state index in [1.807, 2.05) is 0 Å². The monoisotopic (exact) mass is 338 g/mol. The van der Waals surface area contributed by atoms with Crippen molar-refractivity contribution in [1.29, 1.82) is 0 Å². The molecule has 1 aromatic heterocycles. The number of rotatable bonds is 3. The first-order chi connectivity index (χ1) is 10.6. The second kappa shape index (κ2) is 5.66. The molecule has 4 N–H and O–H groups in total. The largest absolute Gasteiger partial charge is 0.504 e. The molecule has 1 aliphatic rings. The molecule has 0 bridgehead atoms. The molecule has 0 aliphatic carbocycles. The number of halogens is 2. The van der Waals surface area contributed by atoms with Gasteiger partial charge in [-0.25, -0.2) is 4.99 Å². The minimum atomic E-state index is -0.394. The molecule has 2 aromatic rings. The molecular formula is C12H8Cl2N6O2. The van der Waals surface area contributed by atoms with E-state index in [9.17, 15) is 10.2 Å². The van der Waals surface area contributed by atoms with Crippen LogP contribution in [0.1, 0.15) is 0 Å². The van der Waals surface area contributed by atoms with E-state index < -0.39 is 5.75 Å². The van der Waals surface area contributed by atoms with Gasteiger partial charge in [-0.2, -0.15) is 10.2 Å². The molecule has 2 heterocycles. The van der Waals surface area contributed by atoms with Crippen LogP contribution in [0.25, 0.3) is 0 Å². The van der Waals surface area contributed by atoms with Crippen molar-refractivity contribution < 1.29 is 10.2 Å². The van der Waals surface area contributed by atoms with Crippen molar-refractivity contribution >= 4 is 46.2 Å². The van der Waals surface area contributed by atoms with E-state index in [0.717, 1.165) is 0 Å². The van der Waals surface area contributed by atoms with Crippen LogP contribution in [0.15, 0.2) is 39.8 Å². The van der Waals surface area contributed by atoms with Gasteiger partial charge in [-0.1, -0.05) is 23.2 Å². The van der Waals surface area contributed by atoms with Crippen molar-refractivity contribution in [2.45, 2.75) is 0 Å². The number of hydrogen-bond acceptors (Lipinski definition) is 6. The number of phenols is 2. The third-order valence-electron chi connectivity index (χ3n) is 2.74. The molecule has 0 atom stereocenters. The van der Waals surface area contributed by atoms with E-state index in [-0.39, 0.29) is 33.0 Å². The molecule has 0 radical (unpaired) electrons. The van der Waals surface area contributed by atoms with Gasteiger partial charge < -0.3 is 15.5 Å². The maximum absolute atomic E-state index is 10.2. The summed E-state index contributed by atoms with van der Waals surface area (Å²) >= 11 is 12.1. The average Bonchev–Trinajstić information content (AvgIpc) is 3.19. The maximum atomic E-state index is 10.2. The van der Waals surface area contributed by atoms with Crippen LogP contribution in [0, 0.1) is 0 Å². The number of aliphatic imine (C=N–C) groups is 1. The number of H-pyrrole nitrogens is 1. The number of phenolic OH excluding ortho intramolecular Hbond substituents is 2. The van der Waals surface area contributed by atoms with Crippen LogP contribution in [0.5, 0.6) is 11.5 Å². The Morgan fingerprint density at radius 1 is 1.18 bits per heavy atom. The highest BCUT2D eigenvalue weighted by Gasteiger charge is 2.22. The van der Waals surface area contributed by atoms with Crippen molar-refractivity contribution in [3.63, 3.8) is 0 Å². The predicted octanol–water partition coefficient (Wildman–Crippen LogP) is 3.88. The number of amidine groups is 1. The van der Waals surface area contributed by atoms with Crippen LogP contribution in [0.4, 0.5) is 17.2 Å². The van der Waals surface area contributed by atoms with Gasteiger partial charge in [0.05, 0.1) is 12.4 Å². The molecule has 0 saturated heterocycles. The zero-order valence-electron chi connectivity index (χ0n) is 10.7. The highest BCUT2D eigenvalue weighted by atomic mass is 35.5. The van der Waals surface area contributed by atoms with E-state index in [0.29, 0.717) is 5.82 Å². The summed E-state index contributed by atoms with van der Waals surface area (Å²) in [5.74, 6) is -0.0759. The van der Waals surface area contributed by atoms with Crippen LogP contribution in [-0.2, 0) is 0 Å². The fraction of sp³-hybridized carbons (Fsp3) is 0. The van der Waals surface area contributed by atoms with Crippen molar-refractivity contribution in [2.24, 2.45) is 15.2 Å². The standard InChI is InChI=1S/C12H8Cl2N6O2/c13-7-9(17-5-1-3-15-19-5)11(21)8(14)10(12(7)22)18-6-2-4-16-20-6/h1-4,21-22H,(H2,15,17,19). The lowest BCUT2D eigenvalue weighted by molar-refractivity contribution is 0.464.